The van der Waals surface area contributed by atoms with Gasteiger partial charge in [-0.15, -0.1) is 22.9 Å². The van der Waals surface area contributed by atoms with Crippen LogP contribution in [0.5, 0.6) is 0 Å². The van der Waals surface area contributed by atoms with E-state index < -0.39 is 11.2 Å². The van der Waals surface area contributed by atoms with Crippen LogP contribution in [0.3, 0.4) is 0 Å². The highest BCUT2D eigenvalue weighted by Crippen LogP contribution is 2.39. The van der Waals surface area contributed by atoms with Crippen LogP contribution in [0.1, 0.15) is 16.5 Å². The molecule has 0 fully saturated rings. The van der Waals surface area contributed by atoms with E-state index in [0.29, 0.717) is 5.56 Å². The van der Waals surface area contributed by atoms with E-state index >= 15 is 0 Å². The third-order valence-corrected chi connectivity index (χ3v) is 4.78. The molecular weight excluding hydrogens is 302 g/mol. The number of rotatable bonds is 2. The Morgan fingerprint density at radius 1 is 1.00 bits per heavy atom. The maximum absolute atomic E-state index is 14.0. The zero-order valence-electron chi connectivity index (χ0n) is 9.74. The van der Waals surface area contributed by atoms with Crippen LogP contribution in [0.15, 0.2) is 47.8 Å². The van der Waals surface area contributed by atoms with Crippen molar-refractivity contribution < 1.29 is 4.39 Å². The molecule has 0 amide bonds. The fraction of sp³-hybridized carbons (Fsp3) is 0.0667. The molecule has 1 aromatic heterocycles. The molecule has 2 aromatic carbocycles. The summed E-state index contributed by atoms with van der Waals surface area (Å²) < 4.78 is 15.2. The number of alkyl halides is 1. The van der Waals surface area contributed by atoms with Crippen molar-refractivity contribution in [2.45, 2.75) is 5.38 Å². The Kier molecular flexibility index (Phi) is 3.48. The van der Waals surface area contributed by atoms with Crippen LogP contribution in [0, 0.1) is 5.82 Å². The van der Waals surface area contributed by atoms with Crippen LogP contribution < -0.4 is 0 Å². The van der Waals surface area contributed by atoms with E-state index in [0.717, 1.165) is 15.6 Å². The Hall–Kier alpha value is -1.09. The van der Waals surface area contributed by atoms with E-state index in [-0.39, 0.29) is 5.02 Å². The summed E-state index contributed by atoms with van der Waals surface area (Å²) in [6.45, 7) is 0. The minimum Gasteiger partial charge on any atom is -0.205 e. The molecule has 19 heavy (non-hydrogen) atoms. The first kappa shape index (κ1) is 12.9. The highest BCUT2D eigenvalue weighted by atomic mass is 35.5. The molecule has 0 aliphatic heterocycles. The van der Waals surface area contributed by atoms with Gasteiger partial charge in [0.05, 0.1) is 10.4 Å². The molecule has 0 spiro atoms. The summed E-state index contributed by atoms with van der Waals surface area (Å²) in [4.78, 5) is 0. The lowest BCUT2D eigenvalue weighted by Gasteiger charge is -2.11. The third kappa shape index (κ3) is 2.25. The fourth-order valence-electron chi connectivity index (χ4n) is 2.08. The standard InChI is InChI=1S/C15H9Cl2FS/c16-12-6-3-5-10(15(12)18)14(17)11-8-19-13-7-2-1-4-9(11)13/h1-8,14H. The number of hydrogen-bond acceptors (Lipinski definition) is 1. The van der Waals surface area contributed by atoms with Crippen molar-refractivity contribution in [1.29, 1.82) is 0 Å². The highest BCUT2D eigenvalue weighted by molar-refractivity contribution is 7.17. The van der Waals surface area contributed by atoms with Gasteiger partial charge in [0.1, 0.15) is 5.82 Å². The summed E-state index contributed by atoms with van der Waals surface area (Å²) in [5, 5.41) is 2.60. The van der Waals surface area contributed by atoms with Gasteiger partial charge < -0.3 is 0 Å². The normalized spacial score (nSPS) is 12.8. The lowest BCUT2D eigenvalue weighted by atomic mass is 10.0. The van der Waals surface area contributed by atoms with Crippen molar-refractivity contribution in [3.63, 3.8) is 0 Å². The molecule has 0 N–H and O–H groups in total. The Morgan fingerprint density at radius 3 is 2.63 bits per heavy atom. The van der Waals surface area contributed by atoms with Crippen molar-refractivity contribution in [1.82, 2.24) is 0 Å². The van der Waals surface area contributed by atoms with Gasteiger partial charge in [-0.2, -0.15) is 0 Å². The number of hydrogen-bond donors (Lipinski definition) is 0. The van der Waals surface area contributed by atoms with Gasteiger partial charge in [0.15, 0.2) is 0 Å². The molecule has 0 bridgehead atoms. The molecule has 0 aliphatic carbocycles. The summed E-state index contributed by atoms with van der Waals surface area (Å²) in [7, 11) is 0. The van der Waals surface area contributed by atoms with Crippen LogP contribution in [0.25, 0.3) is 10.1 Å². The monoisotopic (exact) mass is 310 g/mol. The number of fused-ring (bicyclic) bond motifs is 1. The maximum atomic E-state index is 14.0. The van der Waals surface area contributed by atoms with Crippen molar-refractivity contribution in [3.8, 4) is 0 Å². The Bertz CT molecular complexity index is 736. The van der Waals surface area contributed by atoms with Gasteiger partial charge in [-0.1, -0.05) is 41.9 Å². The molecule has 0 radical (unpaired) electrons. The molecule has 4 heteroatoms. The minimum atomic E-state index is -0.533. The second-order valence-electron chi connectivity index (χ2n) is 4.19. The largest absolute Gasteiger partial charge is 0.205 e. The molecule has 3 rings (SSSR count). The van der Waals surface area contributed by atoms with Crippen LogP contribution in [-0.2, 0) is 0 Å². The first-order valence-electron chi connectivity index (χ1n) is 5.72. The van der Waals surface area contributed by atoms with Crippen LogP contribution >= 0.6 is 34.5 Å². The zero-order valence-corrected chi connectivity index (χ0v) is 12.1. The average Bonchev–Trinajstić information content (AvgIpc) is 2.85. The Balaban J connectivity index is 2.13. The van der Waals surface area contributed by atoms with Crippen LogP contribution in [0.2, 0.25) is 5.02 Å². The number of benzene rings is 2. The fourth-order valence-corrected chi connectivity index (χ4v) is 3.67. The van der Waals surface area contributed by atoms with Gasteiger partial charge in [0.2, 0.25) is 0 Å². The predicted octanol–water partition coefficient (Wildman–Crippen LogP) is 6.02. The topological polar surface area (TPSA) is 0 Å². The van der Waals surface area contributed by atoms with Crippen molar-refractivity contribution >= 4 is 44.6 Å². The second kappa shape index (κ2) is 5.12. The first-order valence-corrected chi connectivity index (χ1v) is 7.42. The van der Waals surface area contributed by atoms with Crippen LogP contribution in [0.4, 0.5) is 4.39 Å². The molecule has 0 aliphatic rings. The number of thiophene rings is 1. The van der Waals surface area contributed by atoms with Crippen molar-refractivity contribution in [2.75, 3.05) is 0 Å². The number of halogens is 3. The lowest BCUT2D eigenvalue weighted by Crippen LogP contribution is -1.96. The molecule has 1 atom stereocenters. The average molecular weight is 311 g/mol. The van der Waals surface area contributed by atoms with Crippen LogP contribution in [-0.4, -0.2) is 0 Å². The lowest BCUT2D eigenvalue weighted by molar-refractivity contribution is 0.613. The minimum absolute atomic E-state index is 0.0997. The third-order valence-electron chi connectivity index (χ3n) is 3.04. The highest BCUT2D eigenvalue weighted by Gasteiger charge is 2.19. The smallest absolute Gasteiger partial charge is 0.146 e. The molecule has 0 saturated carbocycles. The Labute approximate surface area is 124 Å². The van der Waals surface area contributed by atoms with E-state index in [4.69, 9.17) is 23.2 Å². The SMILES string of the molecule is Fc1c(Cl)cccc1C(Cl)c1csc2ccccc12. The first-order chi connectivity index (χ1) is 9.18. The Morgan fingerprint density at radius 2 is 1.79 bits per heavy atom. The van der Waals surface area contributed by atoms with Gasteiger partial charge in [-0.3, -0.25) is 0 Å². The zero-order chi connectivity index (χ0) is 13.4. The van der Waals surface area contributed by atoms with E-state index in [1.807, 2.05) is 29.6 Å². The maximum Gasteiger partial charge on any atom is 0.146 e. The molecule has 0 nitrogen and oxygen atoms in total. The van der Waals surface area contributed by atoms with Gasteiger partial charge >= 0.3 is 0 Å². The summed E-state index contributed by atoms with van der Waals surface area (Å²) in [6.07, 6.45) is 0. The van der Waals surface area contributed by atoms with Gasteiger partial charge in [-0.05, 0) is 28.5 Å². The van der Waals surface area contributed by atoms with Gasteiger partial charge in [-0.25, -0.2) is 4.39 Å². The summed E-state index contributed by atoms with van der Waals surface area (Å²) in [5.74, 6) is -0.445. The molecule has 1 heterocycles. The quantitative estimate of drug-likeness (QED) is 0.507. The van der Waals surface area contributed by atoms with E-state index in [9.17, 15) is 4.39 Å². The van der Waals surface area contributed by atoms with Crippen molar-refractivity contribution in [3.05, 3.63) is 69.8 Å². The molecule has 1 unspecified atom stereocenters. The van der Waals surface area contributed by atoms with E-state index in [1.165, 1.54) is 6.07 Å². The second-order valence-corrected chi connectivity index (χ2v) is 5.95. The molecular formula is C15H9Cl2FS. The summed E-state index contributed by atoms with van der Waals surface area (Å²) in [6, 6.07) is 12.9. The molecule has 3 aromatic rings. The van der Waals surface area contributed by atoms with E-state index in [2.05, 4.69) is 0 Å². The van der Waals surface area contributed by atoms with Crippen molar-refractivity contribution in [2.24, 2.45) is 0 Å². The van der Waals surface area contributed by atoms with Gasteiger partial charge in [0, 0.05) is 10.3 Å². The summed E-state index contributed by atoms with van der Waals surface area (Å²) in [5.41, 5.74) is 1.33. The molecule has 0 saturated heterocycles. The van der Waals surface area contributed by atoms with Gasteiger partial charge in [0.25, 0.3) is 0 Å². The summed E-state index contributed by atoms with van der Waals surface area (Å²) >= 11 is 13.9. The predicted molar refractivity (Wildman–Crippen MR) is 80.9 cm³/mol. The van der Waals surface area contributed by atoms with E-state index in [1.54, 1.807) is 23.5 Å². The molecule has 96 valence electrons.